The normalized spacial score (nSPS) is 10.6. The van der Waals surface area contributed by atoms with Crippen LogP contribution in [0.5, 0.6) is 0 Å². The molecule has 0 aliphatic carbocycles. The van der Waals surface area contributed by atoms with Crippen molar-refractivity contribution >= 4 is 17.2 Å². The lowest BCUT2D eigenvalue weighted by atomic mass is 10.2. The van der Waals surface area contributed by atoms with Crippen molar-refractivity contribution in [3.63, 3.8) is 0 Å². The molecule has 0 spiro atoms. The number of likely N-dealkylation sites (N-methyl/N-ethyl adjacent to an activating group) is 1. The van der Waals surface area contributed by atoms with Crippen molar-refractivity contribution in [3.05, 3.63) is 58.7 Å². The molecule has 0 aromatic carbocycles. The summed E-state index contributed by atoms with van der Waals surface area (Å²) in [6.07, 6.45) is 3.83. The van der Waals surface area contributed by atoms with Crippen molar-refractivity contribution in [2.24, 2.45) is 0 Å². The van der Waals surface area contributed by atoms with Crippen LogP contribution >= 0.6 is 11.3 Å². The molecule has 3 rings (SSSR count). The second kappa shape index (κ2) is 6.53. The van der Waals surface area contributed by atoms with E-state index in [1.165, 1.54) is 0 Å². The van der Waals surface area contributed by atoms with Gasteiger partial charge in [-0.05, 0) is 34.5 Å². The molecule has 0 fully saturated rings. The van der Waals surface area contributed by atoms with Crippen molar-refractivity contribution in [1.29, 1.82) is 0 Å². The van der Waals surface area contributed by atoms with E-state index in [9.17, 15) is 4.79 Å². The van der Waals surface area contributed by atoms with Gasteiger partial charge in [0, 0.05) is 31.1 Å². The maximum atomic E-state index is 12.2. The van der Waals surface area contributed by atoms with E-state index in [1.54, 1.807) is 35.7 Å². The van der Waals surface area contributed by atoms with Gasteiger partial charge in [-0.1, -0.05) is 5.16 Å². The number of amides is 1. The summed E-state index contributed by atoms with van der Waals surface area (Å²) >= 11 is 1.59. The third kappa shape index (κ3) is 3.40. The van der Waals surface area contributed by atoms with Crippen molar-refractivity contribution in [3.8, 4) is 11.3 Å². The fourth-order valence-corrected chi connectivity index (χ4v) is 2.74. The van der Waals surface area contributed by atoms with Gasteiger partial charge in [-0.2, -0.15) is 11.3 Å². The Hall–Kier alpha value is -2.47. The van der Waals surface area contributed by atoms with Crippen LogP contribution in [0.3, 0.4) is 0 Å². The van der Waals surface area contributed by atoms with E-state index in [4.69, 9.17) is 4.52 Å². The number of hydrogen-bond donors (Lipinski definition) is 0. The number of thiophene rings is 1. The van der Waals surface area contributed by atoms with Gasteiger partial charge in [0.15, 0.2) is 5.76 Å². The van der Waals surface area contributed by atoms with E-state index in [0.717, 1.165) is 16.8 Å². The van der Waals surface area contributed by atoms with Crippen LogP contribution in [0.1, 0.15) is 11.3 Å². The first-order valence-electron chi connectivity index (χ1n) is 6.83. The highest BCUT2D eigenvalue weighted by Crippen LogP contribution is 2.19. The number of nitrogens with zero attached hydrogens (tertiary/aromatic N) is 3. The zero-order chi connectivity index (χ0) is 15.4. The maximum Gasteiger partial charge on any atom is 0.227 e. The Morgan fingerprint density at radius 3 is 2.86 bits per heavy atom. The molecule has 1 amide bonds. The number of aromatic nitrogens is 2. The fraction of sp³-hybridized carbons (Fsp3) is 0.188. The second-order valence-electron chi connectivity index (χ2n) is 4.97. The van der Waals surface area contributed by atoms with Crippen LogP contribution in [-0.4, -0.2) is 28.0 Å². The minimum atomic E-state index is 0.0558. The van der Waals surface area contributed by atoms with E-state index in [0.29, 0.717) is 18.7 Å². The molecule has 0 aliphatic heterocycles. The Labute approximate surface area is 132 Å². The smallest absolute Gasteiger partial charge is 0.227 e. The average molecular weight is 313 g/mol. The van der Waals surface area contributed by atoms with Crippen LogP contribution in [0.15, 0.2) is 51.9 Å². The van der Waals surface area contributed by atoms with E-state index in [1.807, 2.05) is 35.0 Å². The average Bonchev–Trinajstić information content (AvgIpc) is 3.20. The molecule has 0 unspecified atom stereocenters. The minimum absolute atomic E-state index is 0.0558. The Morgan fingerprint density at radius 2 is 2.14 bits per heavy atom. The highest BCUT2D eigenvalue weighted by atomic mass is 32.1. The van der Waals surface area contributed by atoms with E-state index in [2.05, 4.69) is 10.1 Å². The van der Waals surface area contributed by atoms with Crippen molar-refractivity contribution in [1.82, 2.24) is 15.0 Å². The molecule has 0 N–H and O–H groups in total. The SMILES string of the molecule is CN(Cc1cc(-c2ccncc2)no1)C(=O)Cc1ccsc1. The molecular formula is C16H15N3O2S. The molecule has 0 saturated carbocycles. The van der Waals surface area contributed by atoms with Gasteiger partial charge in [0.1, 0.15) is 5.69 Å². The van der Waals surface area contributed by atoms with Crippen molar-refractivity contribution < 1.29 is 9.32 Å². The van der Waals surface area contributed by atoms with Crippen LogP contribution in [0.25, 0.3) is 11.3 Å². The molecule has 112 valence electrons. The summed E-state index contributed by atoms with van der Waals surface area (Å²) in [6, 6.07) is 7.55. The first-order valence-corrected chi connectivity index (χ1v) is 7.77. The number of hydrogen-bond acceptors (Lipinski definition) is 5. The largest absolute Gasteiger partial charge is 0.359 e. The van der Waals surface area contributed by atoms with Crippen molar-refractivity contribution in [2.75, 3.05) is 7.05 Å². The first-order chi connectivity index (χ1) is 10.7. The van der Waals surface area contributed by atoms with E-state index in [-0.39, 0.29) is 5.91 Å². The summed E-state index contributed by atoms with van der Waals surface area (Å²) in [5.41, 5.74) is 2.73. The van der Waals surface area contributed by atoms with Crippen molar-refractivity contribution in [2.45, 2.75) is 13.0 Å². The predicted molar refractivity (Wildman–Crippen MR) is 84.2 cm³/mol. The molecule has 3 aromatic rings. The predicted octanol–water partition coefficient (Wildman–Crippen LogP) is 3.00. The molecular weight excluding hydrogens is 298 g/mol. The van der Waals surface area contributed by atoms with Crippen LogP contribution in [0.2, 0.25) is 0 Å². The molecule has 3 heterocycles. The van der Waals surface area contributed by atoms with Crippen LogP contribution < -0.4 is 0 Å². The Bertz CT molecular complexity index is 738. The lowest BCUT2D eigenvalue weighted by Gasteiger charge is -2.14. The Morgan fingerprint density at radius 1 is 1.32 bits per heavy atom. The Balaban J connectivity index is 1.63. The summed E-state index contributed by atoms with van der Waals surface area (Å²) in [6.45, 7) is 0.404. The van der Waals surface area contributed by atoms with E-state index < -0.39 is 0 Å². The standard InChI is InChI=1S/C16H15N3O2S/c1-19(16(20)8-12-4-7-22-11-12)10-14-9-15(18-21-14)13-2-5-17-6-3-13/h2-7,9,11H,8,10H2,1H3. The number of rotatable bonds is 5. The summed E-state index contributed by atoms with van der Waals surface area (Å²) in [7, 11) is 1.77. The monoisotopic (exact) mass is 313 g/mol. The third-order valence-corrected chi connectivity index (χ3v) is 4.02. The molecule has 0 aliphatic rings. The van der Waals surface area contributed by atoms with Gasteiger partial charge in [-0.3, -0.25) is 9.78 Å². The first kappa shape index (κ1) is 14.5. The third-order valence-electron chi connectivity index (χ3n) is 3.29. The molecule has 0 bridgehead atoms. The summed E-state index contributed by atoms with van der Waals surface area (Å²) in [4.78, 5) is 17.8. The number of carbonyl (C=O) groups is 1. The zero-order valence-corrected chi connectivity index (χ0v) is 12.9. The van der Waals surface area contributed by atoms with Gasteiger partial charge >= 0.3 is 0 Å². The molecule has 0 radical (unpaired) electrons. The Kier molecular flexibility index (Phi) is 4.29. The summed E-state index contributed by atoms with van der Waals surface area (Å²) < 4.78 is 5.31. The van der Waals surface area contributed by atoms with E-state index >= 15 is 0 Å². The van der Waals surface area contributed by atoms with Gasteiger partial charge < -0.3 is 9.42 Å². The highest BCUT2D eigenvalue weighted by molar-refractivity contribution is 7.07. The quantitative estimate of drug-likeness (QED) is 0.726. The fourth-order valence-electron chi connectivity index (χ4n) is 2.07. The summed E-state index contributed by atoms with van der Waals surface area (Å²) in [5, 5.41) is 8.00. The van der Waals surface area contributed by atoms with Gasteiger partial charge in [0.2, 0.25) is 5.91 Å². The molecule has 22 heavy (non-hydrogen) atoms. The number of pyridine rings is 1. The maximum absolute atomic E-state index is 12.2. The molecule has 0 saturated heterocycles. The highest BCUT2D eigenvalue weighted by Gasteiger charge is 2.14. The van der Waals surface area contributed by atoms with Crippen LogP contribution in [-0.2, 0) is 17.8 Å². The summed E-state index contributed by atoms with van der Waals surface area (Å²) in [5.74, 6) is 0.716. The topological polar surface area (TPSA) is 59.2 Å². The van der Waals surface area contributed by atoms with Crippen LogP contribution in [0, 0.1) is 0 Å². The lowest BCUT2D eigenvalue weighted by Crippen LogP contribution is -2.27. The molecule has 6 heteroatoms. The lowest BCUT2D eigenvalue weighted by molar-refractivity contribution is -0.129. The van der Waals surface area contributed by atoms with Gasteiger partial charge in [0.05, 0.1) is 13.0 Å². The minimum Gasteiger partial charge on any atom is -0.359 e. The van der Waals surface area contributed by atoms with Gasteiger partial charge in [0.25, 0.3) is 0 Å². The molecule has 5 nitrogen and oxygen atoms in total. The zero-order valence-electron chi connectivity index (χ0n) is 12.1. The van der Waals surface area contributed by atoms with Crippen LogP contribution in [0.4, 0.5) is 0 Å². The van der Waals surface area contributed by atoms with Gasteiger partial charge in [-0.15, -0.1) is 0 Å². The molecule has 3 aromatic heterocycles. The second-order valence-corrected chi connectivity index (χ2v) is 5.75. The number of carbonyl (C=O) groups excluding carboxylic acids is 1. The molecule has 0 atom stereocenters. The van der Waals surface area contributed by atoms with Gasteiger partial charge in [-0.25, -0.2) is 0 Å².